The molecule has 0 amide bonds. The quantitative estimate of drug-likeness (QED) is 0.400. The molecule has 2 N–H and O–H groups in total. The van der Waals surface area contributed by atoms with Crippen LogP contribution in [0.15, 0.2) is 51.7 Å². The van der Waals surface area contributed by atoms with Crippen molar-refractivity contribution in [3.8, 4) is 17.2 Å². The molecule has 1 aromatic heterocycles. The Labute approximate surface area is 194 Å². The summed E-state index contributed by atoms with van der Waals surface area (Å²) in [5.41, 5.74) is 1.67. The lowest BCUT2D eigenvalue weighted by Crippen LogP contribution is -2.36. The van der Waals surface area contributed by atoms with Crippen LogP contribution in [0.1, 0.15) is 69.8 Å². The minimum Gasteiger partial charge on any atom is -0.504 e. The van der Waals surface area contributed by atoms with Crippen molar-refractivity contribution >= 4 is 18.2 Å². The predicted molar refractivity (Wildman–Crippen MR) is 131 cm³/mol. The molecule has 1 aliphatic heterocycles. The molecule has 5 heteroatoms. The van der Waals surface area contributed by atoms with E-state index in [0.29, 0.717) is 28.6 Å². The smallest absolute Gasteiger partial charge is 0.347 e. The molecule has 0 radical (unpaired) electrons. The Morgan fingerprint density at radius 3 is 2.67 bits per heavy atom. The maximum atomic E-state index is 12.5. The van der Waals surface area contributed by atoms with E-state index in [-0.39, 0.29) is 16.9 Å². The fourth-order valence-corrected chi connectivity index (χ4v) is 5.02. The molecule has 174 valence electrons. The first-order valence-electron chi connectivity index (χ1n) is 11.5. The number of ether oxygens (including phenoxy) is 1. The average Bonchev–Trinajstić information content (AvgIpc) is 2.73. The molecule has 2 heterocycles. The van der Waals surface area contributed by atoms with E-state index in [1.54, 1.807) is 30.4 Å². The summed E-state index contributed by atoms with van der Waals surface area (Å²) in [4.78, 5) is 12.5. The highest BCUT2D eigenvalue weighted by Crippen LogP contribution is 2.46. The van der Waals surface area contributed by atoms with Crippen molar-refractivity contribution in [2.75, 3.05) is 0 Å². The topological polar surface area (TPSA) is 79.9 Å². The Balaban J connectivity index is 1.52. The van der Waals surface area contributed by atoms with Crippen LogP contribution in [0.3, 0.4) is 0 Å². The van der Waals surface area contributed by atoms with Crippen LogP contribution >= 0.6 is 0 Å². The van der Waals surface area contributed by atoms with Gasteiger partial charge in [-0.15, -0.1) is 0 Å². The molecular weight excluding hydrogens is 416 g/mol. The van der Waals surface area contributed by atoms with E-state index >= 15 is 0 Å². The van der Waals surface area contributed by atoms with E-state index < -0.39 is 11.2 Å². The molecule has 1 unspecified atom stereocenters. The van der Waals surface area contributed by atoms with Gasteiger partial charge in [-0.3, -0.25) is 0 Å². The summed E-state index contributed by atoms with van der Waals surface area (Å²) in [5, 5.41) is 19.1. The molecule has 33 heavy (non-hydrogen) atoms. The summed E-state index contributed by atoms with van der Waals surface area (Å²) < 4.78 is 11.8. The molecule has 1 aromatic carbocycles. The van der Waals surface area contributed by atoms with Gasteiger partial charge in [0.25, 0.3) is 0 Å². The van der Waals surface area contributed by atoms with Crippen molar-refractivity contribution in [2.24, 2.45) is 11.3 Å². The van der Waals surface area contributed by atoms with Gasteiger partial charge in [-0.2, -0.15) is 0 Å². The summed E-state index contributed by atoms with van der Waals surface area (Å²) in [6, 6.07) is 6.20. The summed E-state index contributed by atoms with van der Waals surface area (Å²) >= 11 is 0. The van der Waals surface area contributed by atoms with Crippen molar-refractivity contribution in [3.05, 3.63) is 69.8 Å². The van der Waals surface area contributed by atoms with Crippen LogP contribution in [0.2, 0.25) is 0 Å². The maximum absolute atomic E-state index is 12.5. The van der Waals surface area contributed by atoms with Crippen LogP contribution < -0.4 is 10.4 Å². The van der Waals surface area contributed by atoms with E-state index in [4.69, 9.17) is 9.15 Å². The summed E-state index contributed by atoms with van der Waals surface area (Å²) in [7, 11) is 0. The molecule has 0 bridgehead atoms. The van der Waals surface area contributed by atoms with Gasteiger partial charge in [0.05, 0.1) is 0 Å². The highest BCUT2D eigenvalue weighted by Gasteiger charge is 2.37. The number of phenolic OH excluding ortho intramolecular Hbond substituents is 2. The third kappa shape index (κ3) is 4.92. The van der Waals surface area contributed by atoms with Crippen molar-refractivity contribution in [3.63, 3.8) is 0 Å². The molecule has 1 fully saturated rings. The summed E-state index contributed by atoms with van der Waals surface area (Å²) in [5.74, 6) is 0.920. The summed E-state index contributed by atoms with van der Waals surface area (Å²) in [6.07, 6.45) is 12.4. The second-order valence-electron chi connectivity index (χ2n) is 10.1. The van der Waals surface area contributed by atoms with Crippen LogP contribution in [-0.2, 0) is 0 Å². The zero-order valence-electron chi connectivity index (χ0n) is 19.6. The number of allylic oxidation sites excluding steroid dienone is 1. The van der Waals surface area contributed by atoms with Gasteiger partial charge in [0.2, 0.25) is 0 Å². The molecule has 0 saturated heterocycles. The minimum atomic E-state index is -0.516. The van der Waals surface area contributed by atoms with E-state index in [9.17, 15) is 15.0 Å². The highest BCUT2D eigenvalue weighted by atomic mass is 16.5. The molecule has 2 aromatic rings. The van der Waals surface area contributed by atoms with Crippen LogP contribution in [-0.4, -0.2) is 15.8 Å². The van der Waals surface area contributed by atoms with Crippen molar-refractivity contribution in [2.45, 2.75) is 58.5 Å². The zero-order valence-corrected chi connectivity index (χ0v) is 19.6. The first-order valence-corrected chi connectivity index (χ1v) is 11.5. The number of benzene rings is 1. The fourth-order valence-electron chi connectivity index (χ4n) is 5.02. The Bertz CT molecular complexity index is 1180. The summed E-state index contributed by atoms with van der Waals surface area (Å²) in [6.45, 7) is 11.0. The van der Waals surface area contributed by atoms with Crippen molar-refractivity contribution in [1.82, 2.24) is 0 Å². The van der Waals surface area contributed by atoms with Crippen LogP contribution in [0.4, 0.5) is 0 Å². The normalized spacial score (nSPS) is 24.0. The van der Waals surface area contributed by atoms with Crippen molar-refractivity contribution in [1.29, 1.82) is 0 Å². The Morgan fingerprint density at radius 2 is 1.94 bits per heavy atom. The lowest BCUT2D eigenvalue weighted by Gasteiger charge is -2.42. The molecule has 4 rings (SSSR count). The Kier molecular flexibility index (Phi) is 6.00. The molecule has 2 aliphatic rings. The third-order valence-electron chi connectivity index (χ3n) is 7.04. The van der Waals surface area contributed by atoms with E-state index in [1.165, 1.54) is 30.5 Å². The number of fused-ring (bicyclic) bond motifs is 1. The lowest BCUT2D eigenvalue weighted by molar-refractivity contribution is 0.0979. The van der Waals surface area contributed by atoms with Gasteiger partial charge >= 0.3 is 5.63 Å². The first kappa shape index (κ1) is 23.0. The molecule has 2 atom stereocenters. The van der Waals surface area contributed by atoms with Crippen molar-refractivity contribution < 1.29 is 19.4 Å². The predicted octanol–water partition coefficient (Wildman–Crippen LogP) is 6.55. The minimum absolute atomic E-state index is 0.188. The molecular formula is C28H32O5. The van der Waals surface area contributed by atoms with Gasteiger partial charge in [0, 0.05) is 6.07 Å². The van der Waals surface area contributed by atoms with Gasteiger partial charge in [0.1, 0.15) is 22.7 Å². The number of phenols is 2. The molecule has 5 nitrogen and oxygen atoms in total. The Morgan fingerprint density at radius 1 is 1.15 bits per heavy atom. The lowest BCUT2D eigenvalue weighted by atomic mass is 9.64. The van der Waals surface area contributed by atoms with Gasteiger partial charge < -0.3 is 19.4 Å². The first-order chi connectivity index (χ1) is 15.6. The van der Waals surface area contributed by atoms with Crippen LogP contribution in [0.25, 0.3) is 18.2 Å². The number of aromatic hydroxyl groups is 2. The van der Waals surface area contributed by atoms with Gasteiger partial charge in [-0.1, -0.05) is 38.1 Å². The fraction of sp³-hybridized carbons (Fsp3) is 0.393. The SMILES string of the molecule is C=C1CCCC(C)(C)C1CC[C@@]1(C)C=Cc2c(cc(/C=C/c3ccc(O)c(O)c3)oc2=O)O1. The molecule has 1 saturated carbocycles. The van der Waals surface area contributed by atoms with Crippen LogP contribution in [0, 0.1) is 11.3 Å². The van der Waals surface area contributed by atoms with Gasteiger partial charge in [-0.25, -0.2) is 4.79 Å². The number of rotatable bonds is 5. The second-order valence-corrected chi connectivity index (χ2v) is 10.1. The van der Waals surface area contributed by atoms with Gasteiger partial charge in [-0.05, 0) is 86.3 Å². The second kappa shape index (κ2) is 8.62. The largest absolute Gasteiger partial charge is 0.504 e. The Hall–Kier alpha value is -3.21. The van der Waals surface area contributed by atoms with E-state index in [0.717, 1.165) is 19.3 Å². The molecule has 0 spiro atoms. The van der Waals surface area contributed by atoms with E-state index in [2.05, 4.69) is 20.4 Å². The zero-order chi connectivity index (χ0) is 23.8. The standard InChI is InChI=1S/C28H32O5/c1-18-6-5-13-27(2,3)22(18)12-15-28(4)14-11-21-25(33-28)17-20(32-26(21)31)9-7-19-8-10-23(29)24(30)16-19/h7-11,14,16-17,22,29-30H,1,5-6,12-13,15H2,2-4H3/b9-7+/t22?,28-/m1/s1. The molecule has 1 aliphatic carbocycles. The number of hydrogen-bond donors (Lipinski definition) is 2. The highest BCUT2D eigenvalue weighted by molar-refractivity contribution is 5.70. The van der Waals surface area contributed by atoms with Gasteiger partial charge in [0.15, 0.2) is 11.5 Å². The maximum Gasteiger partial charge on any atom is 0.347 e. The number of hydrogen-bond acceptors (Lipinski definition) is 5. The monoisotopic (exact) mass is 448 g/mol. The average molecular weight is 449 g/mol. The van der Waals surface area contributed by atoms with Crippen LogP contribution in [0.5, 0.6) is 17.2 Å². The van der Waals surface area contributed by atoms with E-state index in [1.807, 2.05) is 13.0 Å². The third-order valence-corrected chi connectivity index (χ3v) is 7.04.